The molecule has 0 atom stereocenters. The highest BCUT2D eigenvalue weighted by atomic mass is 16.1. The monoisotopic (exact) mass is 290 g/mol. The van der Waals surface area contributed by atoms with Gasteiger partial charge in [0.25, 0.3) is 5.56 Å². The number of H-pyrrole nitrogens is 1. The van der Waals surface area contributed by atoms with Crippen molar-refractivity contribution >= 4 is 22.8 Å². The predicted molar refractivity (Wildman–Crippen MR) is 86.9 cm³/mol. The van der Waals surface area contributed by atoms with Gasteiger partial charge in [0.15, 0.2) is 5.82 Å². The zero-order valence-electron chi connectivity index (χ0n) is 12.0. The van der Waals surface area contributed by atoms with Crippen LogP contribution in [0.1, 0.15) is 21.7 Å². The lowest BCUT2D eigenvalue weighted by atomic mass is 10.1. The van der Waals surface area contributed by atoms with Gasteiger partial charge in [0.2, 0.25) is 5.78 Å². The second-order valence-electron chi connectivity index (χ2n) is 5.04. The molecule has 0 saturated carbocycles. The summed E-state index contributed by atoms with van der Waals surface area (Å²) in [4.78, 5) is 30.8. The van der Waals surface area contributed by atoms with E-state index in [9.17, 15) is 9.59 Å². The molecule has 1 N–H and O–H groups in total. The molecule has 0 aliphatic rings. The fourth-order valence-corrected chi connectivity index (χ4v) is 2.13. The van der Waals surface area contributed by atoms with Crippen LogP contribution in [0, 0.1) is 6.92 Å². The number of carbonyl (C=O) groups is 1. The molecule has 0 amide bonds. The number of aryl methyl sites for hydroxylation is 1. The van der Waals surface area contributed by atoms with Crippen LogP contribution in [-0.2, 0) is 0 Å². The minimum Gasteiger partial charge on any atom is -0.303 e. The molecule has 1 heterocycles. The van der Waals surface area contributed by atoms with Crippen molar-refractivity contribution in [2.24, 2.45) is 0 Å². The van der Waals surface area contributed by atoms with Gasteiger partial charge >= 0.3 is 0 Å². The number of allylic oxidation sites excluding steroid dienone is 1. The van der Waals surface area contributed by atoms with Crippen LogP contribution in [0.5, 0.6) is 0 Å². The van der Waals surface area contributed by atoms with Crippen molar-refractivity contribution in [2.45, 2.75) is 6.92 Å². The molecule has 0 saturated heterocycles. The van der Waals surface area contributed by atoms with Gasteiger partial charge in [-0.05, 0) is 30.7 Å². The average molecular weight is 290 g/mol. The lowest BCUT2D eigenvalue weighted by molar-refractivity contribution is 0.103. The first-order valence-electron chi connectivity index (χ1n) is 6.91. The van der Waals surface area contributed by atoms with Crippen LogP contribution in [0.4, 0.5) is 0 Å². The standard InChI is InChI=1S/C18H14N2O2/c1-12-6-8-13(9-7-12)10-11-16(21)17-19-15-5-3-2-4-14(15)18(22)20-17/h2-11H,1H3,(H,19,20,22)/b11-10+. The van der Waals surface area contributed by atoms with Crippen LogP contribution >= 0.6 is 0 Å². The van der Waals surface area contributed by atoms with Gasteiger partial charge in [0.1, 0.15) is 0 Å². The minimum absolute atomic E-state index is 0.0482. The number of aromatic nitrogens is 2. The Bertz CT molecular complexity index is 922. The van der Waals surface area contributed by atoms with Gasteiger partial charge in [0, 0.05) is 0 Å². The van der Waals surface area contributed by atoms with E-state index >= 15 is 0 Å². The molecule has 2 aromatic carbocycles. The van der Waals surface area contributed by atoms with Crippen LogP contribution in [0.3, 0.4) is 0 Å². The predicted octanol–water partition coefficient (Wildman–Crippen LogP) is 3.13. The first-order chi connectivity index (χ1) is 10.6. The fourth-order valence-electron chi connectivity index (χ4n) is 2.13. The van der Waals surface area contributed by atoms with Crippen molar-refractivity contribution in [3.05, 3.63) is 81.9 Å². The number of nitrogens with zero attached hydrogens (tertiary/aromatic N) is 1. The summed E-state index contributed by atoms with van der Waals surface area (Å²) in [5.41, 5.74) is 2.28. The molecule has 0 radical (unpaired) electrons. The maximum Gasteiger partial charge on any atom is 0.259 e. The number of ketones is 1. The van der Waals surface area contributed by atoms with Gasteiger partial charge < -0.3 is 4.98 Å². The van der Waals surface area contributed by atoms with Gasteiger partial charge in [-0.15, -0.1) is 0 Å². The van der Waals surface area contributed by atoms with Crippen LogP contribution in [0.2, 0.25) is 0 Å². The van der Waals surface area contributed by atoms with E-state index in [4.69, 9.17) is 0 Å². The van der Waals surface area contributed by atoms with Gasteiger partial charge in [-0.25, -0.2) is 4.98 Å². The van der Waals surface area contributed by atoms with Gasteiger partial charge in [-0.1, -0.05) is 48.0 Å². The molecule has 0 fully saturated rings. The van der Waals surface area contributed by atoms with E-state index in [1.165, 1.54) is 6.08 Å². The van der Waals surface area contributed by atoms with Gasteiger partial charge in [-0.2, -0.15) is 0 Å². The molecule has 4 nitrogen and oxygen atoms in total. The Morgan fingerprint density at radius 1 is 1.09 bits per heavy atom. The molecule has 0 aliphatic heterocycles. The van der Waals surface area contributed by atoms with Crippen molar-refractivity contribution in [1.29, 1.82) is 0 Å². The summed E-state index contributed by atoms with van der Waals surface area (Å²) in [6.07, 6.45) is 3.12. The number of fused-ring (bicyclic) bond motifs is 1. The number of hydrogen-bond donors (Lipinski definition) is 1. The van der Waals surface area contributed by atoms with E-state index in [2.05, 4.69) is 9.97 Å². The highest BCUT2D eigenvalue weighted by Gasteiger charge is 2.08. The second kappa shape index (κ2) is 5.77. The Morgan fingerprint density at radius 2 is 1.82 bits per heavy atom. The third-order valence-electron chi connectivity index (χ3n) is 3.35. The molecule has 0 bridgehead atoms. The van der Waals surface area contributed by atoms with Crippen LogP contribution in [0.15, 0.2) is 59.4 Å². The molecule has 0 spiro atoms. The van der Waals surface area contributed by atoms with E-state index in [-0.39, 0.29) is 17.2 Å². The van der Waals surface area contributed by atoms with Gasteiger partial charge in [-0.3, -0.25) is 9.59 Å². The molecule has 4 heteroatoms. The zero-order valence-corrected chi connectivity index (χ0v) is 12.0. The summed E-state index contributed by atoms with van der Waals surface area (Å²) < 4.78 is 0. The zero-order chi connectivity index (χ0) is 15.5. The van der Waals surface area contributed by atoms with Crippen molar-refractivity contribution < 1.29 is 4.79 Å². The van der Waals surface area contributed by atoms with Crippen LogP contribution in [0.25, 0.3) is 17.0 Å². The molecule has 3 rings (SSSR count). The maximum absolute atomic E-state index is 12.2. The average Bonchev–Trinajstić information content (AvgIpc) is 2.54. The number of carbonyl (C=O) groups excluding carboxylic acids is 1. The molecule has 22 heavy (non-hydrogen) atoms. The largest absolute Gasteiger partial charge is 0.303 e. The summed E-state index contributed by atoms with van der Waals surface area (Å²) in [5, 5.41) is 0.474. The molecule has 108 valence electrons. The Balaban J connectivity index is 1.92. The molecule has 3 aromatic rings. The number of rotatable bonds is 3. The lowest BCUT2D eigenvalue weighted by Crippen LogP contribution is -2.14. The Labute approximate surface area is 127 Å². The topological polar surface area (TPSA) is 62.8 Å². The third-order valence-corrected chi connectivity index (χ3v) is 3.35. The molecule has 1 aromatic heterocycles. The van der Waals surface area contributed by atoms with E-state index in [0.29, 0.717) is 10.9 Å². The van der Waals surface area contributed by atoms with Crippen LogP contribution < -0.4 is 5.56 Å². The van der Waals surface area contributed by atoms with Gasteiger partial charge in [0.05, 0.1) is 10.9 Å². The van der Waals surface area contributed by atoms with Crippen LogP contribution in [-0.4, -0.2) is 15.8 Å². The highest BCUT2D eigenvalue weighted by Crippen LogP contribution is 2.08. The van der Waals surface area contributed by atoms with Crippen molar-refractivity contribution in [3.8, 4) is 0 Å². The van der Waals surface area contributed by atoms with E-state index < -0.39 is 0 Å². The quantitative estimate of drug-likeness (QED) is 0.595. The first-order valence-corrected chi connectivity index (χ1v) is 6.91. The van der Waals surface area contributed by atoms with E-state index in [1.807, 2.05) is 31.2 Å². The summed E-state index contributed by atoms with van der Waals surface area (Å²) in [7, 11) is 0. The number of aromatic amines is 1. The minimum atomic E-state index is -0.330. The summed E-state index contributed by atoms with van der Waals surface area (Å²) in [6, 6.07) is 14.7. The summed E-state index contributed by atoms with van der Waals surface area (Å²) in [5.74, 6) is -0.282. The SMILES string of the molecule is Cc1ccc(/C=C/C(=O)c2nc3ccccc3c(=O)[nH]2)cc1. The summed E-state index contributed by atoms with van der Waals surface area (Å²) in [6.45, 7) is 2.00. The second-order valence-corrected chi connectivity index (χ2v) is 5.04. The number of nitrogens with one attached hydrogen (secondary N) is 1. The summed E-state index contributed by atoms with van der Waals surface area (Å²) >= 11 is 0. The molecular weight excluding hydrogens is 276 g/mol. The Morgan fingerprint density at radius 3 is 2.59 bits per heavy atom. The van der Waals surface area contributed by atoms with E-state index in [0.717, 1.165) is 11.1 Å². The third kappa shape index (κ3) is 2.86. The number of hydrogen-bond acceptors (Lipinski definition) is 3. The molecule has 0 aliphatic carbocycles. The van der Waals surface area contributed by atoms with Crippen molar-refractivity contribution in [1.82, 2.24) is 9.97 Å². The number of benzene rings is 2. The first kappa shape index (κ1) is 13.9. The van der Waals surface area contributed by atoms with E-state index in [1.54, 1.807) is 30.3 Å². The molecular formula is C18H14N2O2. The fraction of sp³-hybridized carbons (Fsp3) is 0.0556. The Kier molecular flexibility index (Phi) is 3.66. The normalized spacial score (nSPS) is 11.1. The van der Waals surface area contributed by atoms with Crippen molar-refractivity contribution in [3.63, 3.8) is 0 Å². The molecule has 0 unspecified atom stereocenters. The number of para-hydroxylation sites is 1. The Hall–Kier alpha value is -3.01. The van der Waals surface area contributed by atoms with Crippen molar-refractivity contribution in [2.75, 3.05) is 0 Å². The lowest BCUT2D eigenvalue weighted by Gasteiger charge is -1.99. The smallest absolute Gasteiger partial charge is 0.259 e. The highest BCUT2D eigenvalue weighted by molar-refractivity contribution is 6.05. The maximum atomic E-state index is 12.2.